The maximum absolute atomic E-state index is 9.13. The van der Waals surface area contributed by atoms with Crippen LogP contribution in [0.1, 0.15) is 6.42 Å². The molecule has 1 N–H and O–H groups in total. The van der Waals surface area contributed by atoms with Crippen LogP contribution in [0.2, 0.25) is 0 Å². The van der Waals surface area contributed by atoms with Crippen LogP contribution in [0, 0.1) is 5.92 Å². The Morgan fingerprint density at radius 3 is 3.20 bits per heavy atom. The van der Waals surface area contributed by atoms with Crippen molar-refractivity contribution in [1.29, 1.82) is 0 Å². The van der Waals surface area contributed by atoms with Crippen molar-refractivity contribution < 1.29 is 14.6 Å². The number of ether oxygens (including phenoxy) is 2. The summed E-state index contributed by atoms with van der Waals surface area (Å²) in [5, 5.41) is 9.13. The van der Waals surface area contributed by atoms with Gasteiger partial charge in [0, 0.05) is 44.5 Å². The molecule has 6 nitrogen and oxygen atoms in total. The number of nitrogens with zero attached hydrogens (tertiary/aromatic N) is 3. The number of aromatic nitrogens is 2. The summed E-state index contributed by atoms with van der Waals surface area (Å²) in [7, 11) is 0. The van der Waals surface area contributed by atoms with Crippen molar-refractivity contribution >= 4 is 0 Å². The van der Waals surface area contributed by atoms with Gasteiger partial charge in [-0.2, -0.15) is 0 Å². The normalized spacial score (nSPS) is 31.8. The Bertz CT molecular complexity index is 412. The van der Waals surface area contributed by atoms with Gasteiger partial charge in [-0.05, 0) is 6.42 Å². The van der Waals surface area contributed by atoms with Gasteiger partial charge in [0.15, 0.2) is 0 Å². The average molecular weight is 281 g/mol. The highest BCUT2D eigenvalue weighted by atomic mass is 16.5. The maximum Gasteiger partial charge on any atom is 0.104 e. The number of hydrogen-bond acceptors (Lipinski definition) is 5. The fourth-order valence-corrected chi connectivity index (χ4v) is 3.28. The smallest absolute Gasteiger partial charge is 0.104 e. The Kier molecular flexibility index (Phi) is 4.35. The lowest BCUT2D eigenvalue weighted by Crippen LogP contribution is -2.44. The summed E-state index contributed by atoms with van der Waals surface area (Å²) in [4.78, 5) is 6.32. The molecule has 3 rings (SSSR count). The van der Waals surface area contributed by atoms with Crippen LogP contribution in [0.25, 0.3) is 0 Å². The molecule has 2 fully saturated rings. The molecule has 2 atom stereocenters. The van der Waals surface area contributed by atoms with Gasteiger partial charge in [-0.3, -0.25) is 4.90 Å². The van der Waals surface area contributed by atoms with E-state index in [1.165, 1.54) is 0 Å². The lowest BCUT2D eigenvalue weighted by Gasteiger charge is -2.30. The van der Waals surface area contributed by atoms with E-state index in [9.17, 15) is 0 Å². The molecule has 0 amide bonds. The molecule has 112 valence electrons. The summed E-state index contributed by atoms with van der Waals surface area (Å²) in [6.45, 7) is 5.71. The van der Waals surface area contributed by atoms with Crippen molar-refractivity contribution in [3.63, 3.8) is 0 Å². The molecule has 1 aromatic heterocycles. The minimum Gasteiger partial charge on any atom is -0.395 e. The molecule has 1 aromatic rings. The van der Waals surface area contributed by atoms with Crippen LogP contribution in [0.15, 0.2) is 18.7 Å². The Balaban J connectivity index is 1.61. The summed E-state index contributed by atoms with van der Waals surface area (Å²) in [5.41, 5.74) is -0.198. The zero-order valence-electron chi connectivity index (χ0n) is 11.8. The molecule has 20 heavy (non-hydrogen) atoms. The fraction of sp³-hybridized carbons (Fsp3) is 0.786. The summed E-state index contributed by atoms with van der Waals surface area (Å²) >= 11 is 0. The highest BCUT2D eigenvalue weighted by Gasteiger charge is 2.43. The number of imidazole rings is 1. The van der Waals surface area contributed by atoms with Crippen molar-refractivity contribution in [2.45, 2.75) is 18.6 Å². The number of aliphatic hydroxyl groups is 1. The predicted molar refractivity (Wildman–Crippen MR) is 73.4 cm³/mol. The first-order valence-corrected chi connectivity index (χ1v) is 7.30. The van der Waals surface area contributed by atoms with Gasteiger partial charge in [-0.1, -0.05) is 0 Å². The quantitative estimate of drug-likeness (QED) is 0.841. The first kappa shape index (κ1) is 14.0. The minimum absolute atomic E-state index is 0.189. The van der Waals surface area contributed by atoms with Gasteiger partial charge in [-0.25, -0.2) is 4.98 Å². The molecule has 0 saturated carbocycles. The SMILES string of the molecule is OCCN1CCOCC2(CC(Cn3ccnc3)CO2)C1. The van der Waals surface area contributed by atoms with Crippen LogP contribution in [0.3, 0.4) is 0 Å². The number of aliphatic hydroxyl groups excluding tert-OH is 1. The molecule has 0 bridgehead atoms. The van der Waals surface area contributed by atoms with Crippen LogP contribution in [0.4, 0.5) is 0 Å². The van der Waals surface area contributed by atoms with Gasteiger partial charge >= 0.3 is 0 Å². The summed E-state index contributed by atoms with van der Waals surface area (Å²) in [6.07, 6.45) is 6.66. The molecule has 3 heterocycles. The van der Waals surface area contributed by atoms with Gasteiger partial charge in [0.1, 0.15) is 5.60 Å². The monoisotopic (exact) mass is 281 g/mol. The van der Waals surface area contributed by atoms with E-state index < -0.39 is 0 Å². The zero-order chi connectivity index (χ0) is 13.8. The number of rotatable bonds is 4. The minimum atomic E-state index is -0.198. The molecule has 2 aliphatic rings. The standard InChI is InChI=1S/C14H23N3O3/c18-5-3-16-4-6-19-11-14(10-16)7-13(9-20-14)8-17-2-1-15-12-17/h1-2,12-13,18H,3-11H2. The van der Waals surface area contributed by atoms with Crippen molar-refractivity contribution in [2.75, 3.05) is 46.1 Å². The second-order valence-corrected chi connectivity index (χ2v) is 5.88. The van der Waals surface area contributed by atoms with Crippen LogP contribution in [-0.4, -0.2) is 71.2 Å². The van der Waals surface area contributed by atoms with Crippen molar-refractivity contribution in [2.24, 2.45) is 5.92 Å². The van der Waals surface area contributed by atoms with E-state index in [1.807, 2.05) is 18.7 Å². The highest BCUT2D eigenvalue weighted by Crippen LogP contribution is 2.33. The van der Waals surface area contributed by atoms with Crippen molar-refractivity contribution in [3.05, 3.63) is 18.7 Å². The molecule has 2 unspecified atom stereocenters. The summed E-state index contributed by atoms with van der Waals surface area (Å²) in [5.74, 6) is 0.502. The molecule has 2 aliphatic heterocycles. The van der Waals surface area contributed by atoms with Gasteiger partial charge in [0.2, 0.25) is 0 Å². The van der Waals surface area contributed by atoms with Crippen LogP contribution >= 0.6 is 0 Å². The predicted octanol–water partition coefficient (Wildman–Crippen LogP) is -0.0171. The Morgan fingerprint density at radius 1 is 1.45 bits per heavy atom. The lowest BCUT2D eigenvalue weighted by molar-refractivity contribution is -0.0563. The third-order valence-corrected chi connectivity index (χ3v) is 4.16. The van der Waals surface area contributed by atoms with E-state index in [1.54, 1.807) is 0 Å². The van der Waals surface area contributed by atoms with E-state index in [-0.39, 0.29) is 12.2 Å². The number of hydrogen-bond donors (Lipinski definition) is 1. The Hall–Kier alpha value is -0.950. The maximum atomic E-state index is 9.13. The molecule has 0 aromatic carbocycles. The van der Waals surface area contributed by atoms with Crippen LogP contribution in [0.5, 0.6) is 0 Å². The molecular weight excluding hydrogens is 258 g/mol. The molecule has 6 heteroatoms. The summed E-state index contributed by atoms with van der Waals surface area (Å²) in [6, 6.07) is 0. The third-order valence-electron chi connectivity index (χ3n) is 4.16. The topological polar surface area (TPSA) is 59.8 Å². The number of β-amino-alcohol motifs (C(OH)–C–C–N with tert-alkyl or cyclic N) is 1. The van der Waals surface area contributed by atoms with Crippen LogP contribution in [-0.2, 0) is 16.0 Å². The van der Waals surface area contributed by atoms with Gasteiger partial charge < -0.3 is 19.1 Å². The average Bonchev–Trinajstić information content (AvgIpc) is 3.01. The molecule has 2 saturated heterocycles. The fourth-order valence-electron chi connectivity index (χ4n) is 3.28. The second-order valence-electron chi connectivity index (χ2n) is 5.88. The Labute approximate surface area is 119 Å². The highest BCUT2D eigenvalue weighted by molar-refractivity contribution is 4.94. The van der Waals surface area contributed by atoms with Crippen LogP contribution < -0.4 is 0 Å². The largest absolute Gasteiger partial charge is 0.395 e. The van der Waals surface area contributed by atoms with E-state index >= 15 is 0 Å². The molecule has 0 aliphatic carbocycles. The van der Waals surface area contributed by atoms with E-state index in [4.69, 9.17) is 14.6 Å². The molecule has 1 spiro atoms. The van der Waals surface area contributed by atoms with Crippen molar-refractivity contribution in [3.8, 4) is 0 Å². The third kappa shape index (κ3) is 3.20. The van der Waals surface area contributed by atoms with Gasteiger partial charge in [-0.15, -0.1) is 0 Å². The molecular formula is C14H23N3O3. The van der Waals surface area contributed by atoms with Crippen molar-refractivity contribution in [1.82, 2.24) is 14.5 Å². The van der Waals surface area contributed by atoms with Gasteiger partial charge in [0.25, 0.3) is 0 Å². The van der Waals surface area contributed by atoms with E-state index in [0.29, 0.717) is 19.1 Å². The van der Waals surface area contributed by atoms with E-state index in [2.05, 4.69) is 14.5 Å². The zero-order valence-corrected chi connectivity index (χ0v) is 11.8. The lowest BCUT2D eigenvalue weighted by atomic mass is 9.94. The first-order chi connectivity index (χ1) is 9.80. The molecule has 0 radical (unpaired) electrons. The second kappa shape index (κ2) is 6.22. The van der Waals surface area contributed by atoms with Gasteiger partial charge in [0.05, 0.1) is 32.8 Å². The van der Waals surface area contributed by atoms with E-state index in [0.717, 1.165) is 39.3 Å². The Morgan fingerprint density at radius 2 is 2.40 bits per heavy atom. The first-order valence-electron chi connectivity index (χ1n) is 7.30. The summed E-state index contributed by atoms with van der Waals surface area (Å²) < 4.78 is 13.9.